The maximum absolute atomic E-state index is 12.4. The van der Waals surface area contributed by atoms with Gasteiger partial charge in [0.1, 0.15) is 11.4 Å². The molecule has 0 unspecified atom stereocenters. The Balaban J connectivity index is 2.27. The van der Waals surface area contributed by atoms with E-state index >= 15 is 0 Å². The van der Waals surface area contributed by atoms with Crippen molar-refractivity contribution < 1.29 is 19.2 Å². The molecule has 2 rings (SSSR count). The Kier molecular flexibility index (Phi) is 6.59. The number of likely N-dealkylation sites (N-methyl/N-ethyl adjacent to an activating group) is 2. The third-order valence-electron chi connectivity index (χ3n) is 3.44. The molecule has 0 atom stereocenters. The molecule has 138 valence electrons. The summed E-state index contributed by atoms with van der Waals surface area (Å²) in [6, 6.07) is 8.36. The van der Waals surface area contributed by atoms with E-state index in [1.807, 2.05) is 19.0 Å². The lowest BCUT2D eigenvalue weighted by molar-refractivity contribution is -0.142. The number of hydrazine groups is 1. The van der Waals surface area contributed by atoms with Crippen molar-refractivity contribution in [3.63, 3.8) is 0 Å². The van der Waals surface area contributed by atoms with Gasteiger partial charge in [-0.1, -0.05) is 23.8 Å². The molecule has 0 saturated carbocycles. The standard InChI is InChI=1S/C17H21N5O4/c1-21(2)10-9-18-16(24)13(11-14-17(25)26-20-22(14)3)19-15(23)12-7-5-4-6-8-12/h4-8,11,20H,9-10H2,1-3H3,(H,18,24)/b14-11-,19-13?. The van der Waals surface area contributed by atoms with Crippen LogP contribution in [-0.2, 0) is 14.4 Å². The Labute approximate surface area is 151 Å². The maximum Gasteiger partial charge on any atom is 0.376 e. The van der Waals surface area contributed by atoms with Gasteiger partial charge in [0.2, 0.25) is 0 Å². The highest BCUT2D eigenvalue weighted by Crippen LogP contribution is 2.09. The van der Waals surface area contributed by atoms with Gasteiger partial charge < -0.3 is 15.1 Å². The number of aliphatic imine (C=N–C) groups is 1. The van der Waals surface area contributed by atoms with E-state index < -0.39 is 17.8 Å². The van der Waals surface area contributed by atoms with Crippen LogP contribution in [0.5, 0.6) is 0 Å². The molecule has 0 aliphatic carbocycles. The van der Waals surface area contributed by atoms with E-state index in [0.717, 1.165) is 0 Å². The second-order valence-corrected chi connectivity index (χ2v) is 5.80. The van der Waals surface area contributed by atoms with E-state index in [2.05, 4.69) is 20.7 Å². The van der Waals surface area contributed by atoms with E-state index in [-0.39, 0.29) is 11.4 Å². The number of carbonyl (C=O) groups excluding carboxylic acids is 3. The summed E-state index contributed by atoms with van der Waals surface area (Å²) < 4.78 is 0. The van der Waals surface area contributed by atoms with Crippen molar-refractivity contribution in [3.8, 4) is 0 Å². The zero-order chi connectivity index (χ0) is 19.1. The van der Waals surface area contributed by atoms with Crippen molar-refractivity contribution >= 4 is 23.5 Å². The summed E-state index contributed by atoms with van der Waals surface area (Å²) in [5, 5.41) is 3.96. The lowest BCUT2D eigenvalue weighted by Gasteiger charge is -2.11. The van der Waals surface area contributed by atoms with Gasteiger partial charge in [0.15, 0.2) is 0 Å². The molecule has 0 radical (unpaired) electrons. The molecule has 1 aromatic carbocycles. The van der Waals surface area contributed by atoms with Gasteiger partial charge in [-0.25, -0.2) is 9.79 Å². The third-order valence-corrected chi connectivity index (χ3v) is 3.44. The van der Waals surface area contributed by atoms with Gasteiger partial charge in [0.25, 0.3) is 11.8 Å². The van der Waals surface area contributed by atoms with Gasteiger partial charge in [-0.05, 0) is 26.2 Å². The van der Waals surface area contributed by atoms with Gasteiger partial charge in [0, 0.05) is 31.8 Å². The normalized spacial score (nSPS) is 16.2. The summed E-state index contributed by atoms with van der Waals surface area (Å²) in [4.78, 5) is 46.9. The number of nitrogens with one attached hydrogen (secondary N) is 2. The number of nitrogens with zero attached hydrogens (tertiary/aromatic N) is 3. The van der Waals surface area contributed by atoms with Crippen molar-refractivity contribution in [2.75, 3.05) is 34.2 Å². The van der Waals surface area contributed by atoms with E-state index in [0.29, 0.717) is 18.7 Å². The zero-order valence-corrected chi connectivity index (χ0v) is 14.9. The smallest absolute Gasteiger partial charge is 0.349 e. The van der Waals surface area contributed by atoms with E-state index in [9.17, 15) is 14.4 Å². The van der Waals surface area contributed by atoms with Crippen LogP contribution in [0.4, 0.5) is 0 Å². The molecule has 1 saturated heterocycles. The summed E-state index contributed by atoms with van der Waals surface area (Å²) in [5.41, 5.74) is 2.56. The van der Waals surface area contributed by atoms with E-state index in [1.165, 1.54) is 18.1 Å². The number of hydrogen-bond donors (Lipinski definition) is 2. The number of rotatable bonds is 6. The van der Waals surface area contributed by atoms with Gasteiger partial charge in [0.05, 0.1) is 0 Å². The molecular weight excluding hydrogens is 338 g/mol. The molecule has 26 heavy (non-hydrogen) atoms. The maximum atomic E-state index is 12.4. The number of amides is 2. The minimum Gasteiger partial charge on any atom is -0.349 e. The Morgan fingerprint density at radius 1 is 1.31 bits per heavy atom. The molecule has 1 fully saturated rings. The molecule has 2 N–H and O–H groups in total. The lowest BCUT2D eigenvalue weighted by Crippen LogP contribution is -2.36. The molecule has 1 heterocycles. The first-order valence-corrected chi connectivity index (χ1v) is 7.91. The first kappa shape index (κ1) is 19.3. The third kappa shape index (κ3) is 5.23. The highest BCUT2D eigenvalue weighted by Gasteiger charge is 2.26. The van der Waals surface area contributed by atoms with Crippen molar-refractivity contribution in [2.45, 2.75) is 0 Å². The number of benzene rings is 1. The van der Waals surface area contributed by atoms with Crippen LogP contribution >= 0.6 is 0 Å². The first-order valence-electron chi connectivity index (χ1n) is 7.91. The van der Waals surface area contributed by atoms with Crippen LogP contribution in [0.3, 0.4) is 0 Å². The first-order chi connectivity index (χ1) is 12.4. The number of carbonyl (C=O) groups is 3. The Hall–Kier alpha value is -3.04. The summed E-state index contributed by atoms with van der Waals surface area (Å²) in [6.45, 7) is 0.984. The molecule has 0 spiro atoms. The molecule has 0 bridgehead atoms. The SMILES string of the molecule is CN(C)CCNC(=O)C(/C=C1/C(=O)ONN1C)=NC(=O)c1ccccc1. The minimum absolute atomic E-state index is 0.0624. The average Bonchev–Trinajstić information content (AvgIpc) is 2.93. The van der Waals surface area contributed by atoms with Crippen LogP contribution in [0.15, 0.2) is 47.1 Å². The van der Waals surface area contributed by atoms with Gasteiger partial charge in [-0.3, -0.25) is 14.6 Å². The van der Waals surface area contributed by atoms with Gasteiger partial charge in [-0.2, -0.15) is 0 Å². The highest BCUT2D eigenvalue weighted by molar-refractivity contribution is 6.45. The van der Waals surface area contributed by atoms with Crippen LogP contribution in [-0.4, -0.2) is 67.6 Å². The fourth-order valence-corrected chi connectivity index (χ4v) is 2.02. The molecule has 9 heteroatoms. The monoisotopic (exact) mass is 359 g/mol. The Morgan fingerprint density at radius 3 is 2.58 bits per heavy atom. The molecule has 2 amide bonds. The quantitative estimate of drug-likeness (QED) is 0.533. The fourth-order valence-electron chi connectivity index (χ4n) is 2.02. The highest BCUT2D eigenvalue weighted by atomic mass is 16.7. The largest absolute Gasteiger partial charge is 0.376 e. The summed E-state index contributed by atoms with van der Waals surface area (Å²) in [5.74, 6) is -1.81. The fraction of sp³-hybridized carbons (Fsp3) is 0.294. The van der Waals surface area contributed by atoms with Crippen LogP contribution in [0, 0.1) is 0 Å². The Bertz CT molecular complexity index is 743. The minimum atomic E-state index is -0.673. The predicted octanol–water partition coefficient (Wildman–Crippen LogP) is -0.262. The molecule has 9 nitrogen and oxygen atoms in total. The average molecular weight is 359 g/mol. The van der Waals surface area contributed by atoms with Crippen LogP contribution < -0.4 is 10.9 Å². The van der Waals surface area contributed by atoms with Crippen molar-refractivity contribution in [1.29, 1.82) is 0 Å². The zero-order valence-electron chi connectivity index (χ0n) is 14.9. The Morgan fingerprint density at radius 2 is 2.00 bits per heavy atom. The van der Waals surface area contributed by atoms with Crippen molar-refractivity contribution in [3.05, 3.63) is 47.7 Å². The lowest BCUT2D eigenvalue weighted by atomic mass is 10.2. The van der Waals surface area contributed by atoms with Crippen molar-refractivity contribution in [1.82, 2.24) is 20.8 Å². The molecule has 1 aromatic rings. The molecule has 0 aromatic heterocycles. The summed E-state index contributed by atoms with van der Waals surface area (Å²) in [7, 11) is 5.28. The second-order valence-electron chi connectivity index (χ2n) is 5.80. The topological polar surface area (TPSA) is 103 Å². The van der Waals surface area contributed by atoms with Gasteiger partial charge in [-0.15, -0.1) is 0 Å². The molecular formula is C17H21N5O4. The molecule has 1 aliphatic heterocycles. The predicted molar refractivity (Wildman–Crippen MR) is 94.8 cm³/mol. The van der Waals surface area contributed by atoms with Crippen LogP contribution in [0.1, 0.15) is 10.4 Å². The van der Waals surface area contributed by atoms with E-state index in [1.54, 1.807) is 30.3 Å². The summed E-state index contributed by atoms with van der Waals surface area (Å²) in [6.07, 6.45) is 1.22. The van der Waals surface area contributed by atoms with Crippen LogP contribution in [0.25, 0.3) is 0 Å². The van der Waals surface area contributed by atoms with E-state index in [4.69, 9.17) is 0 Å². The van der Waals surface area contributed by atoms with Crippen molar-refractivity contribution in [2.24, 2.45) is 4.99 Å². The van der Waals surface area contributed by atoms with Gasteiger partial charge >= 0.3 is 5.97 Å². The summed E-state index contributed by atoms with van der Waals surface area (Å²) >= 11 is 0. The number of hydrogen-bond acceptors (Lipinski definition) is 7. The van der Waals surface area contributed by atoms with Crippen LogP contribution in [0.2, 0.25) is 0 Å². The second kappa shape index (κ2) is 8.88. The molecule has 1 aliphatic rings.